The first kappa shape index (κ1) is 12.3. The van der Waals surface area contributed by atoms with E-state index in [1.807, 2.05) is 0 Å². The van der Waals surface area contributed by atoms with E-state index in [1.54, 1.807) is 16.0 Å². The number of aromatic nitrogens is 2. The molecule has 0 unspecified atom stereocenters. The highest BCUT2D eigenvalue weighted by atomic mass is 32.2. The maximum atomic E-state index is 13.6. The third-order valence-electron chi connectivity index (χ3n) is 2.48. The van der Waals surface area contributed by atoms with Crippen LogP contribution in [0.25, 0.3) is 4.96 Å². The van der Waals surface area contributed by atoms with Crippen LogP contribution in [0, 0.1) is 11.6 Å². The first-order valence-electron chi connectivity index (χ1n) is 5.22. The Morgan fingerprint density at radius 3 is 3.00 bits per heavy atom. The Balaban J connectivity index is 2.07. The van der Waals surface area contributed by atoms with Gasteiger partial charge in [0.2, 0.25) is 0 Å². The Morgan fingerprint density at radius 1 is 1.37 bits per heavy atom. The zero-order valence-electron chi connectivity index (χ0n) is 9.34. The van der Waals surface area contributed by atoms with E-state index in [4.69, 9.17) is 0 Å². The van der Waals surface area contributed by atoms with E-state index in [9.17, 15) is 13.6 Å². The van der Waals surface area contributed by atoms with Gasteiger partial charge in [-0.3, -0.25) is 9.20 Å². The van der Waals surface area contributed by atoms with Gasteiger partial charge in [-0.25, -0.2) is 13.8 Å². The molecule has 0 radical (unpaired) electrons. The average molecular weight is 296 g/mol. The molecule has 0 fully saturated rings. The molecule has 0 amide bonds. The highest BCUT2D eigenvalue weighted by Gasteiger charge is 2.15. The lowest BCUT2D eigenvalue weighted by Crippen LogP contribution is -1.90. The van der Waals surface area contributed by atoms with Crippen molar-refractivity contribution in [2.24, 2.45) is 0 Å². The first-order chi connectivity index (χ1) is 9.19. The van der Waals surface area contributed by atoms with Crippen molar-refractivity contribution in [1.82, 2.24) is 9.38 Å². The number of hydrogen-bond donors (Lipinski definition) is 0. The summed E-state index contributed by atoms with van der Waals surface area (Å²) >= 11 is 2.31. The van der Waals surface area contributed by atoms with Crippen molar-refractivity contribution in [2.75, 3.05) is 0 Å². The topological polar surface area (TPSA) is 34.4 Å². The number of imidazole rings is 1. The average Bonchev–Trinajstić information content (AvgIpc) is 2.94. The van der Waals surface area contributed by atoms with E-state index in [0.717, 1.165) is 30.0 Å². The SMILES string of the molecule is O=Cc1c(Sc2cc(F)ccc2F)nc2sccn12. The molecular formula is C12H6F2N2OS2. The summed E-state index contributed by atoms with van der Waals surface area (Å²) in [6.07, 6.45) is 2.37. The molecule has 1 aromatic carbocycles. The van der Waals surface area contributed by atoms with Crippen molar-refractivity contribution in [3.05, 3.63) is 47.1 Å². The lowest BCUT2D eigenvalue weighted by molar-refractivity contribution is 0.111. The van der Waals surface area contributed by atoms with Crippen molar-refractivity contribution in [3.63, 3.8) is 0 Å². The van der Waals surface area contributed by atoms with Gasteiger partial charge in [0.25, 0.3) is 0 Å². The highest BCUT2D eigenvalue weighted by Crippen LogP contribution is 2.32. The number of aldehydes is 1. The zero-order valence-corrected chi connectivity index (χ0v) is 11.0. The summed E-state index contributed by atoms with van der Waals surface area (Å²) < 4.78 is 28.3. The fourth-order valence-electron chi connectivity index (χ4n) is 1.63. The van der Waals surface area contributed by atoms with Crippen LogP contribution in [0.4, 0.5) is 8.78 Å². The van der Waals surface area contributed by atoms with E-state index < -0.39 is 11.6 Å². The lowest BCUT2D eigenvalue weighted by atomic mass is 10.3. The number of nitrogens with zero attached hydrogens (tertiary/aromatic N) is 2. The molecule has 3 rings (SSSR count). The lowest BCUT2D eigenvalue weighted by Gasteiger charge is -2.01. The van der Waals surface area contributed by atoms with Gasteiger partial charge in [0.05, 0.1) is 4.90 Å². The van der Waals surface area contributed by atoms with Crippen LogP contribution in [0.1, 0.15) is 10.5 Å². The van der Waals surface area contributed by atoms with Gasteiger partial charge in [0.1, 0.15) is 22.4 Å². The third-order valence-corrected chi connectivity index (χ3v) is 4.26. The maximum Gasteiger partial charge on any atom is 0.195 e. The van der Waals surface area contributed by atoms with Gasteiger partial charge < -0.3 is 0 Å². The molecule has 0 spiro atoms. The predicted octanol–water partition coefficient (Wildman–Crippen LogP) is 3.64. The van der Waals surface area contributed by atoms with E-state index in [0.29, 0.717) is 22.0 Å². The molecular weight excluding hydrogens is 290 g/mol. The van der Waals surface area contributed by atoms with Crippen LogP contribution in [0.5, 0.6) is 0 Å². The van der Waals surface area contributed by atoms with Crippen LogP contribution in [-0.2, 0) is 0 Å². The Bertz CT molecular complexity index is 766. The van der Waals surface area contributed by atoms with E-state index in [2.05, 4.69) is 4.98 Å². The summed E-state index contributed by atoms with van der Waals surface area (Å²) in [7, 11) is 0. The van der Waals surface area contributed by atoms with Gasteiger partial charge in [0, 0.05) is 11.6 Å². The molecule has 3 nitrogen and oxygen atoms in total. The quantitative estimate of drug-likeness (QED) is 0.692. The molecule has 0 atom stereocenters. The normalized spacial score (nSPS) is 11.1. The second-order valence-corrected chi connectivity index (χ2v) is 5.56. The molecule has 0 N–H and O–H groups in total. The Labute approximate surface area is 114 Å². The number of carbonyl (C=O) groups excluding carboxylic acids is 1. The number of benzene rings is 1. The van der Waals surface area contributed by atoms with Crippen LogP contribution in [0.2, 0.25) is 0 Å². The first-order valence-corrected chi connectivity index (χ1v) is 6.92. The van der Waals surface area contributed by atoms with Crippen molar-refractivity contribution in [3.8, 4) is 0 Å². The molecule has 0 bridgehead atoms. The van der Waals surface area contributed by atoms with E-state index in [-0.39, 0.29) is 4.90 Å². The van der Waals surface area contributed by atoms with Gasteiger partial charge in [-0.1, -0.05) is 11.8 Å². The fraction of sp³-hybridized carbons (Fsp3) is 0. The van der Waals surface area contributed by atoms with E-state index in [1.165, 1.54) is 11.3 Å². The van der Waals surface area contributed by atoms with Gasteiger partial charge in [-0.2, -0.15) is 0 Å². The molecule has 0 saturated heterocycles. The van der Waals surface area contributed by atoms with Crippen LogP contribution in [-0.4, -0.2) is 15.7 Å². The fourth-order valence-corrected chi connectivity index (χ4v) is 3.33. The standard InChI is InChI=1S/C12H6F2N2OS2/c13-7-1-2-8(14)10(5-7)19-11-9(6-17)16-3-4-18-12(16)15-11/h1-6H. The smallest absolute Gasteiger partial charge is 0.195 e. The highest BCUT2D eigenvalue weighted by molar-refractivity contribution is 7.99. The van der Waals surface area contributed by atoms with Crippen molar-refractivity contribution >= 4 is 34.3 Å². The van der Waals surface area contributed by atoms with Crippen LogP contribution >= 0.6 is 23.1 Å². The van der Waals surface area contributed by atoms with Gasteiger partial charge in [-0.15, -0.1) is 11.3 Å². The number of halogens is 2. The third kappa shape index (κ3) is 2.15. The monoisotopic (exact) mass is 296 g/mol. The summed E-state index contributed by atoms with van der Waals surface area (Å²) in [5.41, 5.74) is 0.338. The second-order valence-electron chi connectivity index (χ2n) is 3.65. The molecule has 7 heteroatoms. The summed E-state index contributed by atoms with van der Waals surface area (Å²) in [4.78, 5) is 16.1. The number of hydrogen-bond acceptors (Lipinski definition) is 4. The minimum Gasteiger partial charge on any atom is -0.296 e. The number of carbonyl (C=O) groups is 1. The molecule has 0 saturated carbocycles. The number of fused-ring (bicyclic) bond motifs is 1. The van der Waals surface area contributed by atoms with Gasteiger partial charge in [0.15, 0.2) is 11.2 Å². The molecule has 2 aromatic heterocycles. The minimum atomic E-state index is -0.542. The zero-order chi connectivity index (χ0) is 13.4. The molecule has 0 aliphatic rings. The Morgan fingerprint density at radius 2 is 2.21 bits per heavy atom. The number of thiazole rings is 1. The largest absolute Gasteiger partial charge is 0.296 e. The van der Waals surface area contributed by atoms with Crippen LogP contribution < -0.4 is 0 Å². The van der Waals surface area contributed by atoms with E-state index >= 15 is 0 Å². The molecule has 96 valence electrons. The van der Waals surface area contributed by atoms with Crippen LogP contribution in [0.15, 0.2) is 39.7 Å². The second kappa shape index (κ2) is 4.75. The van der Waals surface area contributed by atoms with Crippen molar-refractivity contribution < 1.29 is 13.6 Å². The molecule has 3 aromatic rings. The van der Waals surface area contributed by atoms with Crippen LogP contribution in [0.3, 0.4) is 0 Å². The molecule has 0 aliphatic heterocycles. The van der Waals surface area contributed by atoms with Gasteiger partial charge >= 0.3 is 0 Å². The summed E-state index contributed by atoms with van der Waals surface area (Å²) in [6, 6.07) is 3.18. The molecule has 2 heterocycles. The summed E-state index contributed by atoms with van der Waals surface area (Å²) in [5.74, 6) is -1.07. The maximum absolute atomic E-state index is 13.6. The predicted molar refractivity (Wildman–Crippen MR) is 68.9 cm³/mol. The number of rotatable bonds is 3. The Kier molecular flexibility index (Phi) is 3.08. The van der Waals surface area contributed by atoms with Crippen molar-refractivity contribution in [1.29, 1.82) is 0 Å². The minimum absolute atomic E-state index is 0.105. The molecule has 19 heavy (non-hydrogen) atoms. The summed E-state index contributed by atoms with van der Waals surface area (Å²) in [5, 5.41) is 2.17. The summed E-state index contributed by atoms with van der Waals surface area (Å²) in [6.45, 7) is 0. The van der Waals surface area contributed by atoms with Gasteiger partial charge in [-0.05, 0) is 18.2 Å². The Hall–Kier alpha value is -1.73. The molecule has 0 aliphatic carbocycles. The van der Waals surface area contributed by atoms with Crippen molar-refractivity contribution in [2.45, 2.75) is 9.92 Å².